The summed E-state index contributed by atoms with van der Waals surface area (Å²) >= 11 is 3.33. The van der Waals surface area contributed by atoms with Gasteiger partial charge in [0.05, 0.1) is 6.61 Å². The predicted octanol–water partition coefficient (Wildman–Crippen LogP) is 2.98. The Morgan fingerprint density at radius 2 is 2.14 bits per heavy atom. The van der Waals surface area contributed by atoms with E-state index in [-0.39, 0.29) is 0 Å². The summed E-state index contributed by atoms with van der Waals surface area (Å²) in [4.78, 5) is 8.47. The quantitative estimate of drug-likeness (QED) is 0.602. The molecule has 0 atom stereocenters. The van der Waals surface area contributed by atoms with E-state index in [9.17, 15) is 0 Å². The molecule has 14 heavy (non-hydrogen) atoms. The first-order valence-corrected chi connectivity index (χ1v) is 5.71. The van der Waals surface area contributed by atoms with Crippen molar-refractivity contribution in [2.45, 2.75) is 33.1 Å². The van der Waals surface area contributed by atoms with Crippen LogP contribution in [0, 0.1) is 0 Å². The molecule has 0 N–H and O–H groups in total. The summed E-state index contributed by atoms with van der Waals surface area (Å²) in [5, 5.41) is 0. The molecule has 0 aliphatic rings. The van der Waals surface area contributed by atoms with Crippen molar-refractivity contribution in [1.29, 1.82) is 0 Å². The third kappa shape index (κ3) is 3.62. The highest BCUT2D eigenvalue weighted by Crippen LogP contribution is 2.14. The molecule has 0 unspecified atom stereocenters. The zero-order valence-electron chi connectivity index (χ0n) is 8.59. The standard InChI is InChI=1S/C10H15BrN2O/c1-3-5-6-14-10-7-8(11)12-9(4-2)13-10/h7H,3-6H2,1-2H3. The van der Waals surface area contributed by atoms with E-state index in [2.05, 4.69) is 32.8 Å². The number of unbranched alkanes of at least 4 members (excludes halogenated alkanes) is 1. The second-order valence-corrected chi connectivity index (χ2v) is 3.81. The van der Waals surface area contributed by atoms with E-state index in [1.807, 2.05) is 6.92 Å². The molecule has 0 spiro atoms. The molecule has 1 rings (SSSR count). The summed E-state index contributed by atoms with van der Waals surface area (Å²) in [6, 6.07) is 1.80. The van der Waals surface area contributed by atoms with Gasteiger partial charge in [-0.2, -0.15) is 4.98 Å². The molecule has 1 aromatic heterocycles. The van der Waals surface area contributed by atoms with Crippen LogP contribution in [0.3, 0.4) is 0 Å². The number of ether oxygens (including phenoxy) is 1. The first-order valence-electron chi connectivity index (χ1n) is 4.92. The molecule has 0 aliphatic carbocycles. The van der Waals surface area contributed by atoms with E-state index in [4.69, 9.17) is 4.74 Å². The number of aromatic nitrogens is 2. The Labute approximate surface area is 93.0 Å². The molecule has 1 heterocycles. The fraction of sp³-hybridized carbons (Fsp3) is 0.600. The highest BCUT2D eigenvalue weighted by Gasteiger charge is 2.01. The molecule has 0 aliphatic heterocycles. The molecule has 0 aromatic carbocycles. The van der Waals surface area contributed by atoms with Crippen LogP contribution in [0.1, 0.15) is 32.5 Å². The maximum atomic E-state index is 5.49. The van der Waals surface area contributed by atoms with Crippen LogP contribution in [0.15, 0.2) is 10.7 Å². The molecule has 0 radical (unpaired) electrons. The maximum absolute atomic E-state index is 5.49. The molecule has 78 valence electrons. The lowest BCUT2D eigenvalue weighted by molar-refractivity contribution is 0.296. The molecule has 1 aromatic rings. The smallest absolute Gasteiger partial charge is 0.217 e. The molecule has 0 saturated heterocycles. The minimum atomic E-state index is 0.664. The Morgan fingerprint density at radius 1 is 1.36 bits per heavy atom. The van der Waals surface area contributed by atoms with Gasteiger partial charge in [0.1, 0.15) is 10.4 Å². The molecule has 0 amide bonds. The molecular formula is C10H15BrN2O. The fourth-order valence-electron chi connectivity index (χ4n) is 0.995. The van der Waals surface area contributed by atoms with Crippen molar-refractivity contribution in [2.24, 2.45) is 0 Å². The maximum Gasteiger partial charge on any atom is 0.217 e. The summed E-state index contributed by atoms with van der Waals surface area (Å²) in [7, 11) is 0. The fourth-order valence-corrected chi connectivity index (χ4v) is 1.40. The topological polar surface area (TPSA) is 35.0 Å². The van der Waals surface area contributed by atoms with Crippen molar-refractivity contribution >= 4 is 15.9 Å². The van der Waals surface area contributed by atoms with E-state index >= 15 is 0 Å². The predicted molar refractivity (Wildman–Crippen MR) is 59.5 cm³/mol. The third-order valence-electron chi connectivity index (χ3n) is 1.78. The first kappa shape index (κ1) is 11.4. The third-order valence-corrected chi connectivity index (χ3v) is 2.19. The number of hydrogen-bond acceptors (Lipinski definition) is 3. The second-order valence-electron chi connectivity index (χ2n) is 3.00. The molecule has 0 bridgehead atoms. The lowest BCUT2D eigenvalue weighted by atomic mass is 10.4. The summed E-state index contributed by atoms with van der Waals surface area (Å²) in [5.41, 5.74) is 0. The minimum absolute atomic E-state index is 0.664. The zero-order valence-corrected chi connectivity index (χ0v) is 10.2. The average Bonchev–Trinajstić information content (AvgIpc) is 2.17. The van der Waals surface area contributed by atoms with Gasteiger partial charge in [0.25, 0.3) is 0 Å². The van der Waals surface area contributed by atoms with E-state index < -0.39 is 0 Å². The van der Waals surface area contributed by atoms with Gasteiger partial charge < -0.3 is 4.74 Å². The minimum Gasteiger partial charge on any atom is -0.478 e. The lowest BCUT2D eigenvalue weighted by Crippen LogP contribution is -2.01. The van der Waals surface area contributed by atoms with Gasteiger partial charge >= 0.3 is 0 Å². The van der Waals surface area contributed by atoms with Gasteiger partial charge in [0, 0.05) is 12.5 Å². The van der Waals surface area contributed by atoms with E-state index in [1.54, 1.807) is 6.07 Å². The summed E-state index contributed by atoms with van der Waals surface area (Å²) in [6.07, 6.45) is 3.01. The number of nitrogens with zero attached hydrogens (tertiary/aromatic N) is 2. The van der Waals surface area contributed by atoms with Crippen LogP contribution in [0.25, 0.3) is 0 Å². The van der Waals surface area contributed by atoms with Crippen LogP contribution < -0.4 is 4.74 Å². The number of aryl methyl sites for hydroxylation is 1. The molecular weight excluding hydrogens is 244 g/mol. The Morgan fingerprint density at radius 3 is 2.79 bits per heavy atom. The van der Waals surface area contributed by atoms with Gasteiger partial charge in [-0.05, 0) is 22.4 Å². The Balaban J connectivity index is 2.62. The molecule has 0 saturated carbocycles. The molecule has 0 fully saturated rings. The largest absolute Gasteiger partial charge is 0.478 e. The van der Waals surface area contributed by atoms with Crippen molar-refractivity contribution in [3.05, 3.63) is 16.5 Å². The monoisotopic (exact) mass is 258 g/mol. The number of halogens is 1. The van der Waals surface area contributed by atoms with Crippen LogP contribution in [0.2, 0.25) is 0 Å². The zero-order chi connectivity index (χ0) is 10.4. The normalized spacial score (nSPS) is 10.2. The van der Waals surface area contributed by atoms with Crippen molar-refractivity contribution in [3.8, 4) is 5.88 Å². The highest BCUT2D eigenvalue weighted by atomic mass is 79.9. The van der Waals surface area contributed by atoms with E-state index in [0.29, 0.717) is 5.88 Å². The van der Waals surface area contributed by atoms with Crippen LogP contribution in [0.4, 0.5) is 0 Å². The van der Waals surface area contributed by atoms with Crippen LogP contribution in [0.5, 0.6) is 5.88 Å². The highest BCUT2D eigenvalue weighted by molar-refractivity contribution is 9.10. The van der Waals surface area contributed by atoms with E-state index in [0.717, 1.165) is 36.3 Å². The Hall–Kier alpha value is -0.640. The van der Waals surface area contributed by atoms with Gasteiger partial charge in [-0.1, -0.05) is 20.3 Å². The summed E-state index contributed by atoms with van der Waals surface area (Å²) in [5.74, 6) is 1.48. The van der Waals surface area contributed by atoms with Crippen molar-refractivity contribution in [1.82, 2.24) is 9.97 Å². The van der Waals surface area contributed by atoms with Gasteiger partial charge in [-0.3, -0.25) is 0 Å². The molecule has 4 heteroatoms. The van der Waals surface area contributed by atoms with Gasteiger partial charge in [-0.15, -0.1) is 0 Å². The van der Waals surface area contributed by atoms with Crippen molar-refractivity contribution in [2.75, 3.05) is 6.61 Å². The van der Waals surface area contributed by atoms with Crippen molar-refractivity contribution < 1.29 is 4.74 Å². The van der Waals surface area contributed by atoms with E-state index in [1.165, 1.54) is 0 Å². The lowest BCUT2D eigenvalue weighted by Gasteiger charge is -2.05. The van der Waals surface area contributed by atoms with Crippen LogP contribution >= 0.6 is 15.9 Å². The average molecular weight is 259 g/mol. The first-order chi connectivity index (χ1) is 6.76. The van der Waals surface area contributed by atoms with Crippen LogP contribution in [-0.2, 0) is 6.42 Å². The van der Waals surface area contributed by atoms with Gasteiger partial charge in [-0.25, -0.2) is 4.98 Å². The summed E-state index contributed by atoms with van der Waals surface area (Å²) < 4.78 is 6.28. The number of rotatable bonds is 5. The Bertz CT molecular complexity index is 291. The molecule has 3 nitrogen and oxygen atoms in total. The van der Waals surface area contributed by atoms with Crippen LogP contribution in [-0.4, -0.2) is 16.6 Å². The van der Waals surface area contributed by atoms with Gasteiger partial charge in [0.15, 0.2) is 0 Å². The summed E-state index contributed by atoms with van der Waals surface area (Å²) in [6.45, 7) is 4.89. The SMILES string of the molecule is CCCCOc1cc(Br)nc(CC)n1. The Kier molecular flexibility index (Phi) is 4.87. The van der Waals surface area contributed by atoms with Crippen molar-refractivity contribution in [3.63, 3.8) is 0 Å². The second kappa shape index (κ2) is 5.96. The number of hydrogen-bond donors (Lipinski definition) is 0. The van der Waals surface area contributed by atoms with Gasteiger partial charge in [0.2, 0.25) is 5.88 Å².